The number of nitrogens with zero attached hydrogens (tertiary/aromatic N) is 1. The number of ether oxygens (including phenoxy) is 1. The molecule has 1 aliphatic carbocycles. The largest absolute Gasteiger partial charge is 0.522 e. The van der Waals surface area contributed by atoms with Gasteiger partial charge < -0.3 is 16.0 Å². The van der Waals surface area contributed by atoms with Crippen LogP contribution in [0.2, 0.25) is 0 Å². The number of likely N-dealkylation sites (tertiary alicyclic amines) is 1. The van der Waals surface area contributed by atoms with Gasteiger partial charge in [-0.3, -0.25) is 23.9 Å². The molecule has 0 radical (unpaired) electrons. The Morgan fingerprint density at radius 3 is 2.59 bits per heavy atom. The highest BCUT2D eigenvalue weighted by atomic mass is 19.4. The molecule has 3 rings (SSSR count). The molecule has 1 saturated carbocycles. The predicted octanol–water partition coefficient (Wildman–Crippen LogP) is 1.52. The van der Waals surface area contributed by atoms with Gasteiger partial charge in [0.05, 0.1) is 0 Å². The summed E-state index contributed by atoms with van der Waals surface area (Å²) < 4.78 is 41.3. The zero-order chi connectivity index (χ0) is 23.7. The summed E-state index contributed by atoms with van der Waals surface area (Å²) in [4.78, 5) is 50.9. The van der Waals surface area contributed by atoms with E-state index in [1.807, 2.05) is 6.92 Å². The van der Waals surface area contributed by atoms with Gasteiger partial charge in [0, 0.05) is 31.3 Å². The van der Waals surface area contributed by atoms with Gasteiger partial charge in [0.1, 0.15) is 12.6 Å². The summed E-state index contributed by atoms with van der Waals surface area (Å²) in [7, 11) is 0. The summed E-state index contributed by atoms with van der Waals surface area (Å²) in [5.74, 6) is -3.34. The number of halogens is 3. The Labute approximate surface area is 184 Å². The van der Waals surface area contributed by atoms with Crippen LogP contribution in [0.25, 0.3) is 0 Å². The van der Waals surface area contributed by atoms with Gasteiger partial charge in [-0.2, -0.15) is 0 Å². The van der Waals surface area contributed by atoms with Crippen LogP contribution in [0.1, 0.15) is 51.9 Å². The lowest BCUT2D eigenvalue weighted by molar-refractivity contribution is -0.321. The summed E-state index contributed by atoms with van der Waals surface area (Å²) in [6.07, 6.45) is -1.75. The molecule has 2 aliphatic heterocycles. The van der Waals surface area contributed by atoms with Crippen molar-refractivity contribution in [3.8, 4) is 0 Å². The summed E-state index contributed by atoms with van der Waals surface area (Å²) in [5.41, 5.74) is 4.99. The summed E-state index contributed by atoms with van der Waals surface area (Å²) >= 11 is 0. The number of rotatable bonds is 10. The number of amides is 3. The molecule has 0 aromatic rings. The van der Waals surface area contributed by atoms with E-state index in [0.717, 1.165) is 6.42 Å². The number of nitrogens with two attached hydrogens (primary N) is 1. The number of nitrogens with one attached hydrogen (secondary N) is 1. The fourth-order valence-corrected chi connectivity index (χ4v) is 5.32. The van der Waals surface area contributed by atoms with Gasteiger partial charge in [0.25, 0.3) is 0 Å². The zero-order valence-corrected chi connectivity index (χ0v) is 18.1. The van der Waals surface area contributed by atoms with Gasteiger partial charge in [-0.15, -0.1) is 13.2 Å². The lowest BCUT2D eigenvalue weighted by Crippen LogP contribution is -2.43. The average Bonchev–Trinajstić information content (AvgIpc) is 3.03. The zero-order valence-electron chi connectivity index (χ0n) is 18.1. The van der Waals surface area contributed by atoms with Gasteiger partial charge in [0.15, 0.2) is 5.78 Å². The molecule has 3 amide bonds. The molecule has 3 N–H and O–H groups in total. The lowest BCUT2D eigenvalue weighted by Gasteiger charge is -2.23. The van der Waals surface area contributed by atoms with Crippen LogP contribution in [0.4, 0.5) is 13.2 Å². The Morgan fingerprint density at radius 2 is 2.03 bits per heavy atom. The third-order valence-electron chi connectivity index (χ3n) is 7.09. The van der Waals surface area contributed by atoms with E-state index in [0.29, 0.717) is 25.8 Å². The van der Waals surface area contributed by atoms with E-state index in [1.54, 1.807) is 0 Å². The topological polar surface area (TPSA) is 119 Å². The maximum absolute atomic E-state index is 12.7. The van der Waals surface area contributed by atoms with Gasteiger partial charge in [0.2, 0.25) is 17.7 Å². The van der Waals surface area contributed by atoms with Gasteiger partial charge in [-0.05, 0) is 43.4 Å². The van der Waals surface area contributed by atoms with Crippen molar-refractivity contribution in [3.05, 3.63) is 0 Å². The minimum atomic E-state index is -4.93. The Balaban J connectivity index is 1.75. The second-order valence-electron chi connectivity index (χ2n) is 9.24. The number of unbranched alkanes of at least 4 members (excludes halogenated alkanes) is 1. The molecule has 32 heavy (non-hydrogen) atoms. The van der Waals surface area contributed by atoms with E-state index in [9.17, 15) is 32.3 Å². The molecular formula is C21H30F3N3O5. The molecule has 1 spiro atoms. The van der Waals surface area contributed by atoms with Crippen molar-refractivity contribution in [3.63, 3.8) is 0 Å². The summed E-state index contributed by atoms with van der Waals surface area (Å²) in [6, 6.07) is -0.790. The molecule has 0 bridgehead atoms. The van der Waals surface area contributed by atoms with Crippen LogP contribution in [-0.2, 0) is 23.9 Å². The molecule has 8 nitrogen and oxygen atoms in total. The molecule has 2 saturated heterocycles. The fraction of sp³-hybridized carbons (Fsp3) is 0.810. The number of alkyl halides is 3. The van der Waals surface area contributed by atoms with Crippen molar-refractivity contribution in [1.82, 2.24) is 10.2 Å². The second-order valence-corrected chi connectivity index (χ2v) is 9.24. The van der Waals surface area contributed by atoms with Gasteiger partial charge in [-0.1, -0.05) is 13.3 Å². The number of carbonyl (C=O) groups is 4. The quantitative estimate of drug-likeness (QED) is 0.511. The smallest absolute Gasteiger partial charge is 0.368 e. The van der Waals surface area contributed by atoms with Gasteiger partial charge >= 0.3 is 6.36 Å². The molecule has 11 heteroatoms. The van der Waals surface area contributed by atoms with E-state index in [4.69, 9.17) is 5.73 Å². The number of primary amides is 1. The number of carbonyl (C=O) groups excluding carboxylic acids is 4. The molecular weight excluding hydrogens is 431 g/mol. The maximum Gasteiger partial charge on any atom is 0.522 e. The van der Waals surface area contributed by atoms with Gasteiger partial charge in [-0.25, -0.2) is 0 Å². The summed E-state index contributed by atoms with van der Waals surface area (Å²) in [6.45, 7) is 1.53. The van der Waals surface area contributed by atoms with Crippen molar-refractivity contribution in [2.75, 3.05) is 19.7 Å². The number of hydrogen-bond acceptors (Lipinski definition) is 5. The number of ketones is 1. The SMILES string of the molecule is CCCCC(=O)N1CC2(CC1C(N)=O)CC2[C@H](C[C@H]1CCNC1=O)C(=O)COC(F)(F)F. The third kappa shape index (κ3) is 5.41. The van der Waals surface area contributed by atoms with Crippen LogP contribution in [0.5, 0.6) is 0 Å². The molecule has 5 atom stereocenters. The van der Waals surface area contributed by atoms with Crippen LogP contribution in [0, 0.1) is 23.2 Å². The van der Waals surface area contributed by atoms with E-state index in [2.05, 4.69) is 10.1 Å². The first kappa shape index (κ1) is 24.5. The van der Waals surface area contributed by atoms with Crippen LogP contribution < -0.4 is 11.1 Å². The highest BCUT2D eigenvalue weighted by Gasteiger charge is 2.65. The Bertz CT molecular complexity index is 774. The maximum atomic E-state index is 12.7. The standard InChI is InChI=1S/C21H30F3N3O5/c1-2-3-4-17(29)27-11-20(9-15(27)18(25)30)8-14(20)13(7-12-5-6-26-19(12)31)16(28)10-32-21(22,23)24/h12-15H,2-11H2,1H3,(H2,25,30)(H,26,31)/t12-,13+,14?,15?,20?/m1/s1. The van der Waals surface area contributed by atoms with E-state index >= 15 is 0 Å². The number of Topliss-reactive ketones (excluding diaryl/α,β-unsaturated/α-hetero) is 1. The first-order valence-corrected chi connectivity index (χ1v) is 11.1. The molecule has 3 fully saturated rings. The molecule has 0 aromatic heterocycles. The Kier molecular flexibility index (Phi) is 7.16. The Morgan fingerprint density at radius 1 is 1.31 bits per heavy atom. The van der Waals surface area contributed by atoms with Crippen molar-refractivity contribution in [2.45, 2.75) is 64.3 Å². The average molecular weight is 461 g/mol. The van der Waals surface area contributed by atoms with Crippen LogP contribution in [-0.4, -0.2) is 60.5 Å². The molecule has 2 heterocycles. The second kappa shape index (κ2) is 9.36. The van der Waals surface area contributed by atoms with Crippen LogP contribution in [0.3, 0.4) is 0 Å². The Hall–Kier alpha value is -2.17. The molecule has 3 unspecified atom stereocenters. The normalized spacial score (nSPS) is 30.4. The van der Waals surface area contributed by atoms with Crippen LogP contribution in [0.15, 0.2) is 0 Å². The molecule has 3 aliphatic rings. The molecule has 180 valence electrons. The van der Waals surface area contributed by atoms with Crippen LogP contribution >= 0.6 is 0 Å². The highest BCUT2D eigenvalue weighted by Crippen LogP contribution is 2.64. The third-order valence-corrected chi connectivity index (χ3v) is 7.09. The number of hydrogen-bond donors (Lipinski definition) is 2. The molecule has 0 aromatic carbocycles. The fourth-order valence-electron chi connectivity index (χ4n) is 5.32. The van der Waals surface area contributed by atoms with Crippen molar-refractivity contribution in [1.29, 1.82) is 0 Å². The highest BCUT2D eigenvalue weighted by molar-refractivity contribution is 5.88. The van der Waals surface area contributed by atoms with Crippen molar-refractivity contribution < 1.29 is 37.1 Å². The minimum Gasteiger partial charge on any atom is -0.368 e. The van der Waals surface area contributed by atoms with E-state index in [-0.39, 0.29) is 43.5 Å². The monoisotopic (exact) mass is 461 g/mol. The first-order chi connectivity index (χ1) is 15.0. The first-order valence-electron chi connectivity index (χ1n) is 11.1. The van der Waals surface area contributed by atoms with E-state index in [1.165, 1.54) is 4.90 Å². The summed E-state index contributed by atoms with van der Waals surface area (Å²) in [5, 5.41) is 2.68. The lowest BCUT2D eigenvalue weighted by atomic mass is 9.83. The van der Waals surface area contributed by atoms with Crippen molar-refractivity contribution >= 4 is 23.5 Å². The predicted molar refractivity (Wildman–Crippen MR) is 106 cm³/mol. The van der Waals surface area contributed by atoms with E-state index < -0.39 is 48.0 Å². The minimum absolute atomic E-state index is 0.128. The van der Waals surface area contributed by atoms with Crippen molar-refractivity contribution in [2.24, 2.45) is 28.9 Å².